The van der Waals surface area contributed by atoms with Gasteiger partial charge in [0, 0.05) is 54.5 Å². The maximum atomic E-state index is 15.3. The molecule has 35 heavy (non-hydrogen) atoms. The molecule has 4 aromatic rings. The number of likely N-dealkylation sites (N-methyl/N-ethyl adjacent to an activating group) is 1. The average Bonchev–Trinajstić information content (AvgIpc) is 3.28. The Bertz CT molecular complexity index is 1380. The predicted octanol–water partition coefficient (Wildman–Crippen LogP) is 4.31. The molecule has 1 aliphatic rings. The van der Waals surface area contributed by atoms with Crippen LogP contribution < -0.4 is 0 Å². The highest BCUT2D eigenvalue weighted by Gasteiger charge is 2.25. The largest absolute Gasteiger partial charge is 0.452 e. The summed E-state index contributed by atoms with van der Waals surface area (Å²) < 4.78 is 21.4. The summed E-state index contributed by atoms with van der Waals surface area (Å²) >= 11 is 0. The first kappa shape index (κ1) is 23.1. The minimum atomic E-state index is -1.34. The molecule has 3 heterocycles. The number of rotatable bonds is 4. The van der Waals surface area contributed by atoms with E-state index in [0.717, 1.165) is 18.7 Å². The zero-order valence-corrected chi connectivity index (χ0v) is 20.0. The quantitative estimate of drug-likeness (QED) is 0.475. The van der Waals surface area contributed by atoms with Crippen molar-refractivity contribution < 1.29 is 18.7 Å². The van der Waals surface area contributed by atoms with Gasteiger partial charge < -0.3 is 19.3 Å². The summed E-state index contributed by atoms with van der Waals surface area (Å²) in [5.41, 5.74) is 1.66. The third-order valence-corrected chi connectivity index (χ3v) is 6.43. The number of aromatic nitrogens is 2. The summed E-state index contributed by atoms with van der Waals surface area (Å²) in [5.74, 6) is 0.00805. The second-order valence-corrected chi connectivity index (χ2v) is 9.45. The van der Waals surface area contributed by atoms with E-state index in [2.05, 4.69) is 21.9 Å². The van der Waals surface area contributed by atoms with E-state index in [1.165, 1.54) is 20.2 Å². The second kappa shape index (κ2) is 8.87. The fraction of sp³-hybridized carbons (Fsp3) is 0.296. The smallest absolute Gasteiger partial charge is 0.253 e. The average molecular weight is 475 g/mol. The van der Waals surface area contributed by atoms with Gasteiger partial charge in [-0.3, -0.25) is 4.79 Å². The van der Waals surface area contributed by atoms with Gasteiger partial charge in [0.2, 0.25) is 0 Å². The van der Waals surface area contributed by atoms with E-state index in [1.807, 2.05) is 17.0 Å². The molecule has 1 saturated heterocycles. The van der Waals surface area contributed by atoms with Gasteiger partial charge in [-0.15, -0.1) is 0 Å². The van der Waals surface area contributed by atoms with Crippen molar-refractivity contribution in [1.29, 1.82) is 0 Å². The van der Waals surface area contributed by atoms with Crippen LogP contribution in [-0.2, 0) is 5.60 Å². The molecule has 0 bridgehead atoms. The van der Waals surface area contributed by atoms with E-state index in [1.54, 1.807) is 36.4 Å². The van der Waals surface area contributed by atoms with Gasteiger partial charge in [0.25, 0.3) is 5.91 Å². The topological polar surface area (TPSA) is 82.7 Å². The Labute approximate surface area is 202 Å². The standard InChI is InChI=1S/C27H27FN4O3/c1-27(2,34)20-6-4-5-19(23(20)28)24-25-21(29-16-30-24)15-22(35-25)17-7-9-18(10-8-17)26(33)32-13-11-31(3)12-14-32/h4-10,15-16,34H,11-14H2,1-3H3. The van der Waals surface area contributed by atoms with Gasteiger partial charge in [0.05, 0.1) is 5.60 Å². The number of piperazine rings is 1. The Kier molecular flexibility index (Phi) is 5.86. The van der Waals surface area contributed by atoms with Gasteiger partial charge in [-0.2, -0.15) is 0 Å². The highest BCUT2D eigenvalue weighted by molar-refractivity contribution is 5.95. The molecule has 7 nitrogen and oxygen atoms in total. The molecule has 0 saturated carbocycles. The minimum Gasteiger partial charge on any atom is -0.452 e. The van der Waals surface area contributed by atoms with E-state index >= 15 is 4.39 Å². The molecular formula is C27H27FN4O3. The molecule has 0 aliphatic carbocycles. The van der Waals surface area contributed by atoms with Crippen LogP contribution in [0.5, 0.6) is 0 Å². The monoisotopic (exact) mass is 474 g/mol. The van der Waals surface area contributed by atoms with Crippen molar-refractivity contribution in [1.82, 2.24) is 19.8 Å². The number of hydrogen-bond acceptors (Lipinski definition) is 6. The normalized spacial score (nSPS) is 15.1. The van der Waals surface area contributed by atoms with Gasteiger partial charge in [-0.05, 0) is 39.1 Å². The molecular weight excluding hydrogens is 447 g/mol. The zero-order chi connectivity index (χ0) is 24.7. The van der Waals surface area contributed by atoms with Crippen molar-refractivity contribution >= 4 is 17.0 Å². The fourth-order valence-electron chi connectivity index (χ4n) is 4.35. The van der Waals surface area contributed by atoms with E-state index in [0.29, 0.717) is 41.2 Å². The lowest BCUT2D eigenvalue weighted by Crippen LogP contribution is -2.47. The van der Waals surface area contributed by atoms with Gasteiger partial charge in [-0.25, -0.2) is 14.4 Å². The van der Waals surface area contributed by atoms with E-state index in [4.69, 9.17) is 4.42 Å². The van der Waals surface area contributed by atoms with Crippen molar-refractivity contribution in [3.05, 3.63) is 71.8 Å². The molecule has 2 aromatic heterocycles. The molecule has 0 atom stereocenters. The number of hydrogen-bond donors (Lipinski definition) is 1. The van der Waals surface area contributed by atoms with Crippen molar-refractivity contribution in [2.45, 2.75) is 19.4 Å². The Hall–Kier alpha value is -3.62. The Morgan fingerprint density at radius 3 is 2.46 bits per heavy atom. The van der Waals surface area contributed by atoms with Crippen LogP contribution in [0.2, 0.25) is 0 Å². The van der Waals surface area contributed by atoms with Crippen molar-refractivity contribution in [2.24, 2.45) is 0 Å². The zero-order valence-electron chi connectivity index (χ0n) is 20.0. The number of amides is 1. The lowest BCUT2D eigenvalue weighted by atomic mass is 9.94. The number of nitrogens with zero attached hydrogens (tertiary/aromatic N) is 4. The van der Waals surface area contributed by atoms with Crippen LogP contribution in [0.4, 0.5) is 4.39 Å². The fourth-order valence-corrected chi connectivity index (χ4v) is 4.35. The van der Waals surface area contributed by atoms with Crippen LogP contribution >= 0.6 is 0 Å². The number of carbonyl (C=O) groups excluding carboxylic acids is 1. The Balaban J connectivity index is 1.47. The summed E-state index contributed by atoms with van der Waals surface area (Å²) in [6, 6.07) is 13.9. The highest BCUT2D eigenvalue weighted by atomic mass is 19.1. The van der Waals surface area contributed by atoms with Crippen LogP contribution in [0, 0.1) is 5.82 Å². The maximum Gasteiger partial charge on any atom is 0.253 e. The summed E-state index contributed by atoms with van der Waals surface area (Å²) in [6.07, 6.45) is 1.37. The van der Waals surface area contributed by atoms with Gasteiger partial charge in [-0.1, -0.05) is 24.3 Å². The van der Waals surface area contributed by atoms with Crippen LogP contribution in [0.15, 0.2) is 59.3 Å². The summed E-state index contributed by atoms with van der Waals surface area (Å²) in [7, 11) is 2.05. The number of furan rings is 1. The van der Waals surface area contributed by atoms with Gasteiger partial charge >= 0.3 is 0 Å². The first-order chi connectivity index (χ1) is 16.7. The first-order valence-corrected chi connectivity index (χ1v) is 11.6. The van der Waals surface area contributed by atoms with Crippen LogP contribution in [-0.4, -0.2) is 64.0 Å². The number of fused-ring (bicyclic) bond motifs is 1. The number of halogens is 1. The van der Waals surface area contributed by atoms with E-state index in [-0.39, 0.29) is 17.0 Å². The molecule has 5 rings (SSSR count). The number of benzene rings is 2. The minimum absolute atomic E-state index is 0.0181. The van der Waals surface area contributed by atoms with Crippen LogP contribution in [0.1, 0.15) is 29.8 Å². The molecule has 2 aromatic carbocycles. The SMILES string of the molecule is CN1CCN(C(=O)c2ccc(-c3cc4ncnc(-c5cccc(C(C)(C)O)c5F)c4o3)cc2)CC1. The maximum absolute atomic E-state index is 15.3. The lowest BCUT2D eigenvalue weighted by molar-refractivity contribution is 0.0663. The molecule has 8 heteroatoms. The molecule has 1 aliphatic heterocycles. The van der Waals surface area contributed by atoms with Crippen molar-refractivity contribution in [3.63, 3.8) is 0 Å². The number of aliphatic hydroxyl groups is 1. The molecule has 1 fully saturated rings. The molecule has 180 valence electrons. The van der Waals surface area contributed by atoms with Crippen LogP contribution in [0.3, 0.4) is 0 Å². The van der Waals surface area contributed by atoms with E-state index in [9.17, 15) is 9.90 Å². The third kappa shape index (κ3) is 4.42. The van der Waals surface area contributed by atoms with E-state index < -0.39 is 11.4 Å². The van der Waals surface area contributed by atoms with Gasteiger partial charge in [0.1, 0.15) is 29.1 Å². The number of carbonyl (C=O) groups is 1. The summed E-state index contributed by atoms with van der Waals surface area (Å²) in [4.78, 5) is 25.5. The van der Waals surface area contributed by atoms with Crippen molar-refractivity contribution in [3.8, 4) is 22.6 Å². The predicted molar refractivity (Wildman–Crippen MR) is 131 cm³/mol. The molecule has 0 spiro atoms. The van der Waals surface area contributed by atoms with Crippen molar-refractivity contribution in [2.75, 3.05) is 33.2 Å². The Morgan fingerprint density at radius 1 is 1.06 bits per heavy atom. The first-order valence-electron chi connectivity index (χ1n) is 11.6. The molecule has 0 unspecified atom stereocenters. The molecule has 1 amide bonds. The second-order valence-electron chi connectivity index (χ2n) is 9.45. The highest BCUT2D eigenvalue weighted by Crippen LogP contribution is 2.35. The summed E-state index contributed by atoms with van der Waals surface area (Å²) in [5, 5.41) is 10.3. The third-order valence-electron chi connectivity index (χ3n) is 6.43. The van der Waals surface area contributed by atoms with Crippen LogP contribution in [0.25, 0.3) is 33.7 Å². The molecule has 0 radical (unpaired) electrons. The molecule has 1 N–H and O–H groups in total. The summed E-state index contributed by atoms with van der Waals surface area (Å²) in [6.45, 7) is 6.24. The van der Waals surface area contributed by atoms with Gasteiger partial charge in [0.15, 0.2) is 5.58 Å². The lowest BCUT2D eigenvalue weighted by Gasteiger charge is -2.32. The Morgan fingerprint density at radius 2 is 1.77 bits per heavy atom.